The van der Waals surface area contributed by atoms with Gasteiger partial charge in [-0.1, -0.05) is 36.5 Å². The van der Waals surface area contributed by atoms with Crippen molar-refractivity contribution in [2.75, 3.05) is 29.2 Å². The zero-order valence-electron chi connectivity index (χ0n) is 16.9. The monoisotopic (exact) mass is 476 g/mol. The van der Waals surface area contributed by atoms with Crippen molar-refractivity contribution in [1.82, 2.24) is 4.98 Å². The van der Waals surface area contributed by atoms with Gasteiger partial charge < -0.3 is 20.1 Å². The lowest BCUT2D eigenvalue weighted by Gasteiger charge is -2.18. The van der Waals surface area contributed by atoms with Gasteiger partial charge in [0.1, 0.15) is 23.1 Å². The standard InChI is InChI=1S/C21H18ClFN4O4S/c1-30-17-10-18(31-2)16(9-14(17)22)25-21(29)27(32)12-7-8-19(24-11-12)26-20(28)13-5-3-4-6-15(13)23/h3-11,32H,1-2H3,(H,25,29)(H,24,26,28). The Bertz CT molecular complexity index is 1150. The minimum atomic E-state index is -0.646. The van der Waals surface area contributed by atoms with Crippen molar-refractivity contribution in [3.8, 4) is 11.5 Å². The number of hydrogen-bond donors (Lipinski definition) is 3. The summed E-state index contributed by atoms with van der Waals surface area (Å²) >= 11 is 10.3. The Kier molecular flexibility index (Phi) is 7.39. The summed E-state index contributed by atoms with van der Waals surface area (Å²) in [6.07, 6.45) is 1.32. The lowest BCUT2D eigenvalue weighted by atomic mass is 10.2. The maximum atomic E-state index is 13.7. The van der Waals surface area contributed by atoms with E-state index >= 15 is 0 Å². The number of nitrogens with zero attached hydrogens (tertiary/aromatic N) is 2. The lowest BCUT2D eigenvalue weighted by Crippen LogP contribution is -2.27. The minimum absolute atomic E-state index is 0.110. The molecular formula is C21H18ClFN4O4S. The van der Waals surface area contributed by atoms with Crippen molar-refractivity contribution in [1.29, 1.82) is 0 Å². The maximum absolute atomic E-state index is 13.7. The molecule has 1 heterocycles. The fourth-order valence-corrected chi connectivity index (χ4v) is 3.07. The predicted octanol–water partition coefficient (Wildman–Crippen LogP) is 5.03. The van der Waals surface area contributed by atoms with E-state index in [-0.39, 0.29) is 16.4 Å². The number of methoxy groups -OCH3 is 2. The van der Waals surface area contributed by atoms with E-state index in [1.54, 1.807) is 6.07 Å². The van der Waals surface area contributed by atoms with E-state index in [0.717, 1.165) is 4.31 Å². The number of anilines is 3. The fraction of sp³-hybridized carbons (Fsp3) is 0.0952. The molecule has 0 saturated heterocycles. The zero-order valence-corrected chi connectivity index (χ0v) is 18.6. The summed E-state index contributed by atoms with van der Waals surface area (Å²) in [5.41, 5.74) is 0.512. The summed E-state index contributed by atoms with van der Waals surface area (Å²) in [7, 11) is 2.90. The topological polar surface area (TPSA) is 92.8 Å². The highest BCUT2D eigenvalue weighted by Gasteiger charge is 2.18. The molecule has 3 amide bonds. The first-order valence-corrected chi connectivity index (χ1v) is 9.85. The Morgan fingerprint density at radius 3 is 2.41 bits per heavy atom. The van der Waals surface area contributed by atoms with Crippen LogP contribution in [0.25, 0.3) is 0 Å². The molecule has 0 aliphatic rings. The Labute approximate surface area is 193 Å². The summed E-state index contributed by atoms with van der Waals surface area (Å²) in [6.45, 7) is 0. The molecule has 0 radical (unpaired) electrons. The van der Waals surface area contributed by atoms with Crippen LogP contribution in [0.1, 0.15) is 10.4 Å². The largest absolute Gasteiger partial charge is 0.495 e. The number of nitrogens with one attached hydrogen (secondary N) is 2. The second-order valence-corrected chi connectivity index (χ2v) is 7.07. The maximum Gasteiger partial charge on any atom is 0.336 e. The molecule has 0 saturated carbocycles. The number of thiol groups is 1. The normalized spacial score (nSPS) is 10.3. The number of carbonyl (C=O) groups is 2. The van der Waals surface area contributed by atoms with E-state index in [1.807, 2.05) is 0 Å². The summed E-state index contributed by atoms with van der Waals surface area (Å²) in [5.74, 6) is -0.388. The molecule has 0 spiro atoms. The van der Waals surface area contributed by atoms with Gasteiger partial charge in [-0.05, 0) is 30.3 Å². The number of urea groups is 1. The molecule has 32 heavy (non-hydrogen) atoms. The number of benzene rings is 2. The van der Waals surface area contributed by atoms with Gasteiger partial charge in [0, 0.05) is 6.07 Å². The van der Waals surface area contributed by atoms with Crippen molar-refractivity contribution in [2.24, 2.45) is 0 Å². The number of ether oxygens (including phenoxy) is 2. The molecule has 2 N–H and O–H groups in total. The van der Waals surface area contributed by atoms with Crippen molar-refractivity contribution >= 4 is 53.5 Å². The van der Waals surface area contributed by atoms with E-state index in [4.69, 9.17) is 21.1 Å². The van der Waals surface area contributed by atoms with Crippen LogP contribution in [0, 0.1) is 5.82 Å². The summed E-state index contributed by atoms with van der Waals surface area (Å²) in [5, 5.41) is 5.41. The van der Waals surface area contributed by atoms with E-state index in [0.29, 0.717) is 22.9 Å². The Morgan fingerprint density at radius 1 is 1.06 bits per heavy atom. The van der Waals surface area contributed by atoms with Gasteiger partial charge in [0.25, 0.3) is 5.91 Å². The molecule has 3 aromatic rings. The SMILES string of the molecule is COc1cc(OC)c(NC(=O)N(S)c2ccc(NC(=O)c3ccccc3F)nc2)cc1Cl. The van der Waals surface area contributed by atoms with Gasteiger partial charge in [-0.3, -0.25) is 4.79 Å². The first kappa shape index (κ1) is 23.2. The minimum Gasteiger partial charge on any atom is -0.495 e. The van der Waals surface area contributed by atoms with Gasteiger partial charge >= 0.3 is 6.03 Å². The lowest BCUT2D eigenvalue weighted by molar-refractivity contribution is 0.102. The van der Waals surface area contributed by atoms with E-state index in [2.05, 4.69) is 28.4 Å². The number of pyridine rings is 1. The van der Waals surface area contributed by atoms with E-state index < -0.39 is 17.8 Å². The highest BCUT2D eigenvalue weighted by molar-refractivity contribution is 7.82. The van der Waals surface area contributed by atoms with Crippen molar-refractivity contribution < 1.29 is 23.5 Å². The van der Waals surface area contributed by atoms with Crippen molar-refractivity contribution in [3.63, 3.8) is 0 Å². The first-order valence-electron chi connectivity index (χ1n) is 9.07. The average molecular weight is 477 g/mol. The number of hydrogen-bond acceptors (Lipinski definition) is 6. The Morgan fingerprint density at radius 2 is 1.78 bits per heavy atom. The molecule has 0 unspecified atom stereocenters. The van der Waals surface area contributed by atoms with Gasteiger partial charge in [0.2, 0.25) is 0 Å². The third-order valence-corrected chi connectivity index (χ3v) is 4.97. The molecular weight excluding hydrogens is 459 g/mol. The molecule has 11 heteroatoms. The quantitative estimate of drug-likeness (QED) is 0.434. The highest BCUT2D eigenvalue weighted by Crippen LogP contribution is 2.36. The summed E-state index contributed by atoms with van der Waals surface area (Å²) < 4.78 is 25.1. The zero-order chi connectivity index (χ0) is 23.3. The third kappa shape index (κ3) is 5.21. The van der Waals surface area contributed by atoms with Crippen LogP contribution in [0.5, 0.6) is 11.5 Å². The average Bonchev–Trinajstić information content (AvgIpc) is 2.79. The molecule has 1 aromatic heterocycles. The number of rotatable bonds is 6. The highest BCUT2D eigenvalue weighted by atomic mass is 35.5. The van der Waals surface area contributed by atoms with Crippen LogP contribution in [-0.2, 0) is 0 Å². The second kappa shape index (κ2) is 10.2. The Balaban J connectivity index is 1.70. The molecule has 2 aromatic carbocycles. The summed E-state index contributed by atoms with van der Waals surface area (Å²) in [4.78, 5) is 28.9. The number of amides is 3. The number of halogens is 2. The molecule has 3 rings (SSSR count). The van der Waals surface area contributed by atoms with Crippen LogP contribution >= 0.6 is 24.4 Å². The van der Waals surface area contributed by atoms with Crippen LogP contribution in [0.3, 0.4) is 0 Å². The smallest absolute Gasteiger partial charge is 0.336 e. The fourth-order valence-electron chi connectivity index (χ4n) is 2.66. The molecule has 0 aliphatic heterocycles. The van der Waals surface area contributed by atoms with Crippen LogP contribution in [0.2, 0.25) is 5.02 Å². The van der Waals surface area contributed by atoms with Crippen LogP contribution in [-0.4, -0.2) is 31.1 Å². The van der Waals surface area contributed by atoms with Gasteiger partial charge in [-0.15, -0.1) is 0 Å². The van der Waals surface area contributed by atoms with Crippen LogP contribution in [0.4, 0.5) is 26.4 Å². The van der Waals surface area contributed by atoms with Gasteiger partial charge in [0.05, 0.1) is 42.4 Å². The Hall–Kier alpha value is -3.50. The van der Waals surface area contributed by atoms with Gasteiger partial charge in [-0.2, -0.15) is 0 Å². The van der Waals surface area contributed by atoms with Crippen LogP contribution in [0.15, 0.2) is 54.7 Å². The van der Waals surface area contributed by atoms with Crippen molar-refractivity contribution in [2.45, 2.75) is 0 Å². The number of carbonyl (C=O) groups excluding carboxylic acids is 2. The molecule has 0 atom stereocenters. The van der Waals surface area contributed by atoms with Crippen LogP contribution < -0.4 is 24.4 Å². The molecule has 166 valence electrons. The number of aromatic nitrogens is 1. The van der Waals surface area contributed by atoms with E-state index in [9.17, 15) is 14.0 Å². The molecule has 0 fully saturated rings. The van der Waals surface area contributed by atoms with Crippen molar-refractivity contribution in [3.05, 3.63) is 71.1 Å². The molecule has 0 bridgehead atoms. The third-order valence-electron chi connectivity index (χ3n) is 4.26. The van der Waals surface area contributed by atoms with Gasteiger partial charge in [-0.25, -0.2) is 18.5 Å². The summed E-state index contributed by atoms with van der Waals surface area (Å²) in [6, 6.07) is 11.0. The predicted molar refractivity (Wildman–Crippen MR) is 124 cm³/mol. The van der Waals surface area contributed by atoms with E-state index in [1.165, 1.54) is 62.9 Å². The first-order chi connectivity index (χ1) is 15.3. The van der Waals surface area contributed by atoms with Gasteiger partial charge in [0.15, 0.2) is 0 Å². The molecule has 8 nitrogen and oxygen atoms in total. The second-order valence-electron chi connectivity index (χ2n) is 6.26. The molecule has 0 aliphatic carbocycles.